The van der Waals surface area contributed by atoms with E-state index in [0.717, 1.165) is 4.47 Å². The molecule has 72 valence electrons. The van der Waals surface area contributed by atoms with E-state index in [1.165, 1.54) is 0 Å². The number of hydrogen-bond acceptors (Lipinski definition) is 4. The number of rotatable bonds is 2. The lowest BCUT2D eigenvalue weighted by molar-refractivity contribution is 0.393. The van der Waals surface area contributed by atoms with Crippen molar-refractivity contribution in [2.24, 2.45) is 0 Å². The molecule has 0 saturated heterocycles. The van der Waals surface area contributed by atoms with Crippen LogP contribution < -0.4 is 15.2 Å². The number of ether oxygens (including phenoxy) is 2. The van der Waals surface area contributed by atoms with Gasteiger partial charge in [0, 0.05) is 6.07 Å². The minimum absolute atomic E-state index is 0.478. The summed E-state index contributed by atoms with van der Waals surface area (Å²) in [5.41, 5.74) is 6.21. The molecule has 0 atom stereocenters. The lowest BCUT2D eigenvalue weighted by atomic mass is 10.3. The fourth-order valence-corrected chi connectivity index (χ4v) is 2.02. The number of benzene rings is 1. The normalized spacial score (nSPS) is 9.85. The van der Waals surface area contributed by atoms with Gasteiger partial charge in [0.25, 0.3) is 0 Å². The van der Waals surface area contributed by atoms with Crippen molar-refractivity contribution in [1.29, 1.82) is 0 Å². The van der Waals surface area contributed by atoms with Crippen LogP contribution in [0.3, 0.4) is 0 Å². The summed E-state index contributed by atoms with van der Waals surface area (Å²) < 4.78 is 10.9. The Morgan fingerprint density at radius 2 is 2.00 bits per heavy atom. The highest BCUT2D eigenvalue weighted by molar-refractivity contribution is 9.10. The average molecular weight is 264 g/mol. The van der Waals surface area contributed by atoms with Crippen LogP contribution in [0.1, 0.15) is 0 Å². The summed E-state index contributed by atoms with van der Waals surface area (Å²) in [5.74, 6) is 1.19. The average Bonchev–Trinajstić information content (AvgIpc) is 2.12. The largest absolute Gasteiger partial charge is 0.495 e. The molecule has 0 saturated carbocycles. The fraction of sp³-hybridized carbons (Fsp3) is 0.250. The van der Waals surface area contributed by atoms with E-state index in [2.05, 4.69) is 28.6 Å². The van der Waals surface area contributed by atoms with Crippen molar-refractivity contribution < 1.29 is 9.47 Å². The summed E-state index contributed by atoms with van der Waals surface area (Å²) >= 11 is 7.55. The highest BCUT2D eigenvalue weighted by Gasteiger charge is 2.12. The van der Waals surface area contributed by atoms with Gasteiger partial charge in [0.15, 0.2) is 0 Å². The molecule has 5 heteroatoms. The Hall–Kier alpha value is -0.550. The zero-order chi connectivity index (χ0) is 10.0. The van der Waals surface area contributed by atoms with E-state index in [0.29, 0.717) is 22.1 Å². The van der Waals surface area contributed by atoms with E-state index >= 15 is 0 Å². The van der Waals surface area contributed by atoms with Gasteiger partial charge in [-0.25, -0.2) is 0 Å². The second-order valence-electron chi connectivity index (χ2n) is 2.36. The monoisotopic (exact) mass is 263 g/mol. The molecule has 0 amide bonds. The van der Waals surface area contributed by atoms with Crippen molar-refractivity contribution in [2.45, 2.75) is 4.90 Å². The smallest absolute Gasteiger partial charge is 0.148 e. The maximum atomic E-state index is 5.74. The number of halogens is 1. The second-order valence-corrected chi connectivity index (χ2v) is 3.66. The van der Waals surface area contributed by atoms with E-state index in [9.17, 15) is 0 Å². The molecular formula is C8H10BrNO2S. The molecular weight excluding hydrogens is 254 g/mol. The molecule has 0 heterocycles. The molecule has 0 radical (unpaired) electrons. The van der Waals surface area contributed by atoms with Gasteiger partial charge in [0.05, 0.1) is 29.3 Å². The molecule has 1 rings (SSSR count). The number of hydrogen-bond donors (Lipinski definition) is 2. The summed E-state index contributed by atoms with van der Waals surface area (Å²) in [6.45, 7) is 0. The Morgan fingerprint density at radius 1 is 1.38 bits per heavy atom. The van der Waals surface area contributed by atoms with Gasteiger partial charge < -0.3 is 15.2 Å². The number of anilines is 1. The van der Waals surface area contributed by atoms with Gasteiger partial charge in [-0.2, -0.15) is 0 Å². The number of thiol groups is 1. The number of nitrogens with two attached hydrogens (primary N) is 1. The van der Waals surface area contributed by atoms with E-state index < -0.39 is 0 Å². The van der Waals surface area contributed by atoms with E-state index in [1.54, 1.807) is 20.3 Å². The highest BCUT2D eigenvalue weighted by Crippen LogP contribution is 2.41. The lowest BCUT2D eigenvalue weighted by Crippen LogP contribution is -1.97. The van der Waals surface area contributed by atoms with Gasteiger partial charge in [-0.3, -0.25) is 0 Å². The molecule has 0 aliphatic carbocycles. The first kappa shape index (κ1) is 10.5. The van der Waals surface area contributed by atoms with Crippen LogP contribution in [0.4, 0.5) is 5.69 Å². The topological polar surface area (TPSA) is 44.5 Å². The van der Waals surface area contributed by atoms with Crippen LogP contribution in [0.25, 0.3) is 0 Å². The minimum atomic E-state index is 0.478. The van der Waals surface area contributed by atoms with Crippen molar-refractivity contribution in [3.05, 3.63) is 10.5 Å². The maximum absolute atomic E-state index is 5.74. The molecule has 0 unspecified atom stereocenters. The second kappa shape index (κ2) is 4.11. The summed E-state index contributed by atoms with van der Waals surface area (Å²) in [6.07, 6.45) is 0. The van der Waals surface area contributed by atoms with Crippen LogP contribution in [0.2, 0.25) is 0 Å². The predicted octanol–water partition coefficient (Wildman–Crippen LogP) is 2.34. The van der Waals surface area contributed by atoms with Crippen LogP contribution in [-0.2, 0) is 0 Å². The molecule has 0 fully saturated rings. The van der Waals surface area contributed by atoms with Crippen LogP contribution in [0, 0.1) is 0 Å². The Bertz CT molecular complexity index is 330. The Morgan fingerprint density at radius 3 is 2.46 bits per heavy atom. The third-order valence-corrected chi connectivity index (χ3v) is 2.67. The Labute approximate surface area is 90.8 Å². The van der Waals surface area contributed by atoms with Gasteiger partial charge >= 0.3 is 0 Å². The molecule has 0 spiro atoms. The predicted molar refractivity (Wildman–Crippen MR) is 58.9 cm³/mol. The third-order valence-electron chi connectivity index (χ3n) is 1.63. The van der Waals surface area contributed by atoms with Crippen LogP contribution in [-0.4, -0.2) is 14.2 Å². The van der Waals surface area contributed by atoms with Crippen molar-refractivity contribution in [1.82, 2.24) is 0 Å². The van der Waals surface area contributed by atoms with Crippen molar-refractivity contribution >= 4 is 34.2 Å². The minimum Gasteiger partial charge on any atom is -0.495 e. The van der Waals surface area contributed by atoms with Gasteiger partial charge in [-0.05, 0) is 15.9 Å². The van der Waals surface area contributed by atoms with Gasteiger partial charge in [-0.1, -0.05) is 0 Å². The van der Waals surface area contributed by atoms with Gasteiger partial charge in [-0.15, -0.1) is 12.6 Å². The molecule has 0 aliphatic rings. The summed E-state index contributed by atoms with van der Waals surface area (Å²) in [4.78, 5) is 0.578. The number of methoxy groups -OCH3 is 2. The summed E-state index contributed by atoms with van der Waals surface area (Å²) in [7, 11) is 3.11. The van der Waals surface area contributed by atoms with Gasteiger partial charge in [0.1, 0.15) is 11.5 Å². The Balaban J connectivity index is 3.37. The Kier molecular flexibility index (Phi) is 3.33. The fourth-order valence-electron chi connectivity index (χ4n) is 0.974. The first-order chi connectivity index (χ1) is 6.11. The molecule has 2 N–H and O–H groups in total. The first-order valence-corrected chi connectivity index (χ1v) is 4.74. The molecule has 0 bridgehead atoms. The molecule has 0 aliphatic heterocycles. The van der Waals surface area contributed by atoms with Gasteiger partial charge in [0.2, 0.25) is 0 Å². The summed E-state index contributed by atoms with van der Waals surface area (Å²) in [5, 5.41) is 0. The quantitative estimate of drug-likeness (QED) is 0.636. The molecule has 0 aromatic heterocycles. The van der Waals surface area contributed by atoms with Crippen LogP contribution in [0.5, 0.6) is 11.5 Å². The molecule has 1 aromatic rings. The van der Waals surface area contributed by atoms with Crippen molar-refractivity contribution in [3.63, 3.8) is 0 Å². The standard InChI is InChI=1S/C8H10BrNO2S/c1-11-5-3-4(9)7(12-2)8(13)6(5)10/h3,13H,10H2,1-2H3. The zero-order valence-corrected chi connectivity index (χ0v) is 9.78. The van der Waals surface area contributed by atoms with E-state index in [-0.39, 0.29) is 0 Å². The lowest BCUT2D eigenvalue weighted by Gasteiger charge is -2.12. The van der Waals surface area contributed by atoms with E-state index in [4.69, 9.17) is 15.2 Å². The maximum Gasteiger partial charge on any atom is 0.148 e. The SMILES string of the molecule is COc1cc(Br)c(OC)c(S)c1N. The van der Waals surface area contributed by atoms with Crippen molar-refractivity contribution in [2.75, 3.05) is 20.0 Å². The van der Waals surface area contributed by atoms with Crippen LogP contribution in [0.15, 0.2) is 15.4 Å². The third kappa shape index (κ3) is 1.86. The summed E-state index contributed by atoms with van der Waals surface area (Å²) in [6, 6.07) is 1.74. The first-order valence-electron chi connectivity index (χ1n) is 3.50. The highest BCUT2D eigenvalue weighted by atomic mass is 79.9. The van der Waals surface area contributed by atoms with E-state index in [1.807, 2.05) is 0 Å². The van der Waals surface area contributed by atoms with Crippen LogP contribution >= 0.6 is 28.6 Å². The van der Waals surface area contributed by atoms with Crippen molar-refractivity contribution in [3.8, 4) is 11.5 Å². The number of nitrogen functional groups attached to an aromatic ring is 1. The zero-order valence-electron chi connectivity index (χ0n) is 7.30. The molecule has 13 heavy (non-hydrogen) atoms. The molecule has 1 aromatic carbocycles. The molecule has 3 nitrogen and oxygen atoms in total.